The molecule has 0 saturated heterocycles. The third-order valence-electron chi connectivity index (χ3n) is 1.23. The summed E-state index contributed by atoms with van der Waals surface area (Å²) in [5, 5.41) is 8.79. The number of hydrogen-bond donors (Lipinski definition) is 2. The molecule has 0 aliphatic heterocycles. The van der Waals surface area contributed by atoms with Crippen LogP contribution in [0.2, 0.25) is 0 Å². The molecular formula is C7H8N2O2S. The molecular weight excluding hydrogens is 176 g/mol. The molecule has 0 spiro atoms. The van der Waals surface area contributed by atoms with Gasteiger partial charge in [0.25, 0.3) is 0 Å². The van der Waals surface area contributed by atoms with Gasteiger partial charge < -0.3 is 10.8 Å². The van der Waals surface area contributed by atoms with E-state index in [0.29, 0.717) is 5.13 Å². The van der Waals surface area contributed by atoms with Crippen LogP contribution in [0.5, 0.6) is 0 Å². The second-order valence-corrected chi connectivity index (χ2v) is 3.24. The predicted octanol–water partition coefficient (Wildman–Crippen LogP) is 1.13. The molecule has 0 bridgehead atoms. The van der Waals surface area contributed by atoms with Gasteiger partial charge in [0.1, 0.15) is 0 Å². The molecule has 0 radical (unpaired) electrons. The molecule has 64 valence electrons. The highest BCUT2D eigenvalue weighted by molar-refractivity contribution is 7.16. The Morgan fingerprint density at radius 3 is 2.83 bits per heavy atom. The van der Waals surface area contributed by atoms with Crippen LogP contribution in [-0.2, 0) is 4.79 Å². The molecule has 12 heavy (non-hydrogen) atoms. The van der Waals surface area contributed by atoms with E-state index in [2.05, 4.69) is 4.98 Å². The molecule has 0 aliphatic carbocycles. The minimum Gasteiger partial charge on any atom is -0.478 e. The second-order valence-electron chi connectivity index (χ2n) is 2.17. The maximum atomic E-state index is 10.2. The molecule has 1 aromatic heterocycles. The lowest BCUT2D eigenvalue weighted by molar-refractivity contribution is -0.131. The summed E-state index contributed by atoms with van der Waals surface area (Å²) < 4.78 is 0. The van der Waals surface area contributed by atoms with Crippen LogP contribution in [0, 0.1) is 6.92 Å². The minimum atomic E-state index is -0.971. The van der Waals surface area contributed by atoms with Crippen molar-refractivity contribution in [3.63, 3.8) is 0 Å². The van der Waals surface area contributed by atoms with Crippen LogP contribution in [0.15, 0.2) is 6.08 Å². The maximum Gasteiger partial charge on any atom is 0.328 e. The quantitative estimate of drug-likeness (QED) is 0.675. The Morgan fingerprint density at radius 2 is 2.42 bits per heavy atom. The fourth-order valence-corrected chi connectivity index (χ4v) is 1.47. The van der Waals surface area contributed by atoms with Gasteiger partial charge in [0, 0.05) is 6.08 Å². The SMILES string of the molecule is Cc1nc(N)sc1C=CC(=O)O. The summed E-state index contributed by atoms with van der Waals surface area (Å²) in [6.07, 6.45) is 2.56. The fourth-order valence-electron chi connectivity index (χ4n) is 0.731. The van der Waals surface area contributed by atoms with Crippen molar-refractivity contribution in [1.29, 1.82) is 0 Å². The van der Waals surface area contributed by atoms with E-state index in [-0.39, 0.29) is 0 Å². The Bertz CT molecular complexity index is 330. The average Bonchev–Trinajstić information content (AvgIpc) is 2.26. The standard InChI is InChI=1S/C7H8N2O2S/c1-4-5(2-3-6(10)11)12-7(8)9-4/h2-3H,1H3,(H2,8,9)(H,10,11). The van der Waals surface area contributed by atoms with Gasteiger partial charge in [0.05, 0.1) is 10.6 Å². The lowest BCUT2D eigenvalue weighted by Crippen LogP contribution is -1.85. The number of aromatic nitrogens is 1. The molecule has 5 heteroatoms. The van der Waals surface area contributed by atoms with Gasteiger partial charge in [-0.05, 0) is 13.0 Å². The molecule has 0 fully saturated rings. The first kappa shape index (κ1) is 8.73. The van der Waals surface area contributed by atoms with Crippen molar-refractivity contribution in [2.45, 2.75) is 6.92 Å². The van der Waals surface area contributed by atoms with Gasteiger partial charge in [0.15, 0.2) is 5.13 Å². The van der Waals surface area contributed by atoms with E-state index in [1.807, 2.05) is 0 Å². The monoisotopic (exact) mass is 184 g/mol. The van der Waals surface area contributed by atoms with Crippen LogP contribution in [-0.4, -0.2) is 16.1 Å². The second kappa shape index (κ2) is 3.36. The summed E-state index contributed by atoms with van der Waals surface area (Å²) in [6.45, 7) is 1.79. The van der Waals surface area contributed by atoms with Gasteiger partial charge in [-0.25, -0.2) is 9.78 Å². The molecule has 0 aromatic carbocycles. The summed E-state index contributed by atoms with van der Waals surface area (Å²) in [4.78, 5) is 14.9. The van der Waals surface area contributed by atoms with Crippen LogP contribution < -0.4 is 5.73 Å². The first-order chi connectivity index (χ1) is 5.59. The van der Waals surface area contributed by atoms with Crippen molar-refractivity contribution >= 4 is 28.5 Å². The van der Waals surface area contributed by atoms with Gasteiger partial charge in [0.2, 0.25) is 0 Å². The number of nitrogen functional groups attached to an aromatic ring is 1. The van der Waals surface area contributed by atoms with Crippen molar-refractivity contribution in [2.75, 3.05) is 5.73 Å². The molecule has 0 amide bonds. The van der Waals surface area contributed by atoms with Gasteiger partial charge in [-0.2, -0.15) is 0 Å². The van der Waals surface area contributed by atoms with Crippen molar-refractivity contribution in [1.82, 2.24) is 4.98 Å². The number of carboxylic acid groups (broad SMARTS) is 1. The van der Waals surface area contributed by atoms with E-state index >= 15 is 0 Å². The van der Waals surface area contributed by atoms with E-state index in [4.69, 9.17) is 10.8 Å². The van der Waals surface area contributed by atoms with Crippen LogP contribution in [0.1, 0.15) is 10.6 Å². The first-order valence-electron chi connectivity index (χ1n) is 3.23. The maximum absolute atomic E-state index is 10.2. The molecule has 1 heterocycles. The molecule has 0 unspecified atom stereocenters. The van der Waals surface area contributed by atoms with E-state index in [9.17, 15) is 4.79 Å². The van der Waals surface area contributed by atoms with Gasteiger partial charge in [-0.3, -0.25) is 0 Å². The molecule has 4 nitrogen and oxygen atoms in total. The number of rotatable bonds is 2. The largest absolute Gasteiger partial charge is 0.478 e. The Hall–Kier alpha value is -1.36. The predicted molar refractivity (Wildman–Crippen MR) is 47.9 cm³/mol. The Morgan fingerprint density at radius 1 is 1.75 bits per heavy atom. The van der Waals surface area contributed by atoms with Gasteiger partial charge >= 0.3 is 5.97 Å². The van der Waals surface area contributed by atoms with Crippen LogP contribution in [0.4, 0.5) is 5.13 Å². The van der Waals surface area contributed by atoms with E-state index in [1.165, 1.54) is 17.4 Å². The third kappa shape index (κ3) is 2.06. The van der Waals surface area contributed by atoms with E-state index < -0.39 is 5.97 Å². The van der Waals surface area contributed by atoms with Crippen molar-refractivity contribution in [3.8, 4) is 0 Å². The highest BCUT2D eigenvalue weighted by Gasteiger charge is 2.01. The summed E-state index contributed by atoms with van der Waals surface area (Å²) in [7, 11) is 0. The van der Waals surface area contributed by atoms with Crippen LogP contribution in [0.25, 0.3) is 6.08 Å². The summed E-state index contributed by atoms with van der Waals surface area (Å²) in [5.74, 6) is -0.971. The fraction of sp³-hybridized carbons (Fsp3) is 0.143. The number of carbonyl (C=O) groups is 1. The normalized spacial score (nSPS) is 10.8. The van der Waals surface area contributed by atoms with Crippen LogP contribution >= 0.6 is 11.3 Å². The molecule has 1 rings (SSSR count). The van der Waals surface area contributed by atoms with Gasteiger partial charge in [-0.15, -0.1) is 0 Å². The zero-order valence-electron chi connectivity index (χ0n) is 6.44. The Labute approximate surface area is 73.4 Å². The van der Waals surface area contributed by atoms with Crippen molar-refractivity contribution in [3.05, 3.63) is 16.6 Å². The molecule has 0 saturated carbocycles. The van der Waals surface area contributed by atoms with Crippen molar-refractivity contribution < 1.29 is 9.90 Å². The van der Waals surface area contributed by atoms with Crippen LogP contribution in [0.3, 0.4) is 0 Å². The highest BCUT2D eigenvalue weighted by atomic mass is 32.1. The molecule has 0 atom stereocenters. The smallest absolute Gasteiger partial charge is 0.328 e. The number of hydrogen-bond acceptors (Lipinski definition) is 4. The Balaban J connectivity index is 2.89. The lowest BCUT2D eigenvalue weighted by Gasteiger charge is -1.83. The zero-order chi connectivity index (χ0) is 9.14. The minimum absolute atomic E-state index is 0.456. The number of nitrogens with zero attached hydrogens (tertiary/aromatic N) is 1. The van der Waals surface area contributed by atoms with Gasteiger partial charge in [-0.1, -0.05) is 11.3 Å². The average molecular weight is 184 g/mol. The third-order valence-corrected chi connectivity index (χ3v) is 2.18. The van der Waals surface area contributed by atoms with E-state index in [0.717, 1.165) is 16.6 Å². The first-order valence-corrected chi connectivity index (χ1v) is 4.05. The van der Waals surface area contributed by atoms with Crippen molar-refractivity contribution in [2.24, 2.45) is 0 Å². The number of thiazole rings is 1. The molecule has 0 aliphatic rings. The molecule has 3 N–H and O–H groups in total. The summed E-state index contributed by atoms with van der Waals surface area (Å²) in [5.41, 5.74) is 6.17. The number of carboxylic acids is 1. The number of anilines is 1. The summed E-state index contributed by atoms with van der Waals surface area (Å²) in [6, 6.07) is 0. The Kier molecular flexibility index (Phi) is 2.44. The lowest BCUT2D eigenvalue weighted by atomic mass is 10.3. The number of nitrogens with two attached hydrogens (primary N) is 1. The number of aryl methyl sites for hydroxylation is 1. The zero-order valence-corrected chi connectivity index (χ0v) is 7.26. The highest BCUT2D eigenvalue weighted by Crippen LogP contribution is 2.20. The van der Waals surface area contributed by atoms with E-state index in [1.54, 1.807) is 6.92 Å². The summed E-state index contributed by atoms with van der Waals surface area (Å²) >= 11 is 1.27. The topological polar surface area (TPSA) is 76.2 Å². The molecule has 1 aromatic rings. The number of aliphatic carboxylic acids is 1.